The van der Waals surface area contributed by atoms with Crippen molar-refractivity contribution in [2.45, 2.75) is 52.6 Å². The Balaban J connectivity index is 2.34. The van der Waals surface area contributed by atoms with Gasteiger partial charge in [0.1, 0.15) is 0 Å². The maximum absolute atomic E-state index is 3.65. The molecule has 0 saturated heterocycles. The summed E-state index contributed by atoms with van der Waals surface area (Å²) in [6.07, 6.45) is 2.78. The number of likely N-dealkylation sites (N-methyl/N-ethyl adjacent to an activating group) is 1. The molecule has 1 saturated carbocycles. The van der Waals surface area contributed by atoms with Gasteiger partial charge >= 0.3 is 0 Å². The Hall–Kier alpha value is -0.0800. The van der Waals surface area contributed by atoms with Crippen LogP contribution in [-0.4, -0.2) is 36.6 Å². The third-order valence-electron chi connectivity index (χ3n) is 3.24. The summed E-state index contributed by atoms with van der Waals surface area (Å²) in [5.74, 6) is 0.751. The van der Waals surface area contributed by atoms with E-state index < -0.39 is 0 Å². The number of rotatable bonds is 7. The maximum atomic E-state index is 3.65. The van der Waals surface area contributed by atoms with E-state index in [1.165, 1.54) is 32.5 Å². The standard InChI is InChI=1S/C12H26N2/c1-5-14(6-2)12(10(3)4)9-13-11-7-8-11/h10-13H,5-9H2,1-4H3. The molecule has 0 aromatic heterocycles. The van der Waals surface area contributed by atoms with E-state index in [1.807, 2.05) is 0 Å². The van der Waals surface area contributed by atoms with Gasteiger partial charge in [0.2, 0.25) is 0 Å². The van der Waals surface area contributed by atoms with Crippen LogP contribution in [0.15, 0.2) is 0 Å². The summed E-state index contributed by atoms with van der Waals surface area (Å²) in [6, 6.07) is 1.55. The lowest BCUT2D eigenvalue weighted by Crippen LogP contribution is -2.45. The highest BCUT2D eigenvalue weighted by Gasteiger charge is 2.24. The molecule has 0 heterocycles. The van der Waals surface area contributed by atoms with Crippen molar-refractivity contribution in [3.63, 3.8) is 0 Å². The molecule has 0 aliphatic heterocycles. The first-order chi connectivity index (χ1) is 6.69. The van der Waals surface area contributed by atoms with Crippen molar-refractivity contribution in [3.8, 4) is 0 Å². The molecule has 0 aromatic rings. The molecule has 0 radical (unpaired) electrons. The van der Waals surface area contributed by atoms with Gasteiger partial charge in [-0.15, -0.1) is 0 Å². The average Bonchev–Trinajstić information content (AvgIpc) is 2.95. The SMILES string of the molecule is CCN(CC)C(CNC1CC1)C(C)C. The van der Waals surface area contributed by atoms with Gasteiger partial charge in [-0.2, -0.15) is 0 Å². The maximum Gasteiger partial charge on any atom is 0.0243 e. The number of nitrogens with one attached hydrogen (secondary N) is 1. The molecule has 0 amide bonds. The van der Waals surface area contributed by atoms with Gasteiger partial charge in [0.15, 0.2) is 0 Å². The lowest BCUT2D eigenvalue weighted by Gasteiger charge is -2.33. The number of hydrogen-bond donors (Lipinski definition) is 1. The second kappa shape index (κ2) is 5.72. The molecule has 0 bridgehead atoms. The quantitative estimate of drug-likeness (QED) is 0.674. The van der Waals surface area contributed by atoms with Crippen LogP contribution in [0.2, 0.25) is 0 Å². The fraction of sp³-hybridized carbons (Fsp3) is 1.00. The predicted molar refractivity (Wildman–Crippen MR) is 62.6 cm³/mol. The number of nitrogens with zero attached hydrogens (tertiary/aromatic N) is 1. The summed E-state index contributed by atoms with van der Waals surface area (Å²) < 4.78 is 0. The van der Waals surface area contributed by atoms with Crippen molar-refractivity contribution in [2.75, 3.05) is 19.6 Å². The van der Waals surface area contributed by atoms with Gasteiger partial charge in [-0.25, -0.2) is 0 Å². The van der Waals surface area contributed by atoms with Gasteiger partial charge < -0.3 is 5.32 Å². The van der Waals surface area contributed by atoms with E-state index in [2.05, 4.69) is 37.9 Å². The van der Waals surface area contributed by atoms with Crippen LogP contribution in [0.1, 0.15) is 40.5 Å². The molecule has 2 heteroatoms. The van der Waals surface area contributed by atoms with Crippen LogP contribution in [0.25, 0.3) is 0 Å². The smallest absolute Gasteiger partial charge is 0.0243 e. The van der Waals surface area contributed by atoms with E-state index >= 15 is 0 Å². The highest BCUT2D eigenvalue weighted by Crippen LogP contribution is 2.19. The minimum atomic E-state index is 0.714. The van der Waals surface area contributed by atoms with Crippen molar-refractivity contribution in [1.29, 1.82) is 0 Å². The van der Waals surface area contributed by atoms with Crippen LogP contribution in [-0.2, 0) is 0 Å². The molecule has 14 heavy (non-hydrogen) atoms. The molecule has 1 rings (SSSR count). The molecule has 0 aromatic carbocycles. The highest BCUT2D eigenvalue weighted by molar-refractivity contribution is 4.84. The summed E-state index contributed by atoms with van der Waals surface area (Å²) in [5.41, 5.74) is 0. The Morgan fingerprint density at radius 1 is 1.21 bits per heavy atom. The number of hydrogen-bond acceptors (Lipinski definition) is 2. The third-order valence-corrected chi connectivity index (χ3v) is 3.24. The van der Waals surface area contributed by atoms with Crippen molar-refractivity contribution in [2.24, 2.45) is 5.92 Å². The van der Waals surface area contributed by atoms with E-state index in [0.717, 1.165) is 12.0 Å². The van der Waals surface area contributed by atoms with E-state index in [4.69, 9.17) is 0 Å². The molecule has 1 aliphatic carbocycles. The van der Waals surface area contributed by atoms with Crippen molar-refractivity contribution in [1.82, 2.24) is 10.2 Å². The highest BCUT2D eigenvalue weighted by atomic mass is 15.2. The van der Waals surface area contributed by atoms with E-state index in [-0.39, 0.29) is 0 Å². The van der Waals surface area contributed by atoms with Gasteiger partial charge in [-0.1, -0.05) is 27.7 Å². The average molecular weight is 198 g/mol. The Bertz CT molecular complexity index is 148. The van der Waals surface area contributed by atoms with Gasteiger partial charge in [-0.3, -0.25) is 4.90 Å². The molecule has 1 unspecified atom stereocenters. The molecule has 1 fully saturated rings. The molecule has 0 spiro atoms. The van der Waals surface area contributed by atoms with Gasteiger partial charge in [0.05, 0.1) is 0 Å². The molecule has 1 N–H and O–H groups in total. The molecule has 2 nitrogen and oxygen atoms in total. The first-order valence-electron chi connectivity index (χ1n) is 6.16. The van der Waals surface area contributed by atoms with Gasteiger partial charge in [0.25, 0.3) is 0 Å². The molecule has 84 valence electrons. The van der Waals surface area contributed by atoms with Gasteiger partial charge in [0, 0.05) is 18.6 Å². The molecule has 1 atom stereocenters. The molecule has 1 aliphatic rings. The first-order valence-corrected chi connectivity index (χ1v) is 6.16. The van der Waals surface area contributed by atoms with Crippen molar-refractivity contribution < 1.29 is 0 Å². The fourth-order valence-electron chi connectivity index (χ4n) is 2.05. The zero-order valence-corrected chi connectivity index (χ0v) is 10.2. The minimum absolute atomic E-state index is 0.714. The summed E-state index contributed by atoms with van der Waals surface area (Å²) in [6.45, 7) is 12.7. The third kappa shape index (κ3) is 3.58. The summed E-state index contributed by atoms with van der Waals surface area (Å²) in [5, 5.41) is 3.65. The van der Waals surface area contributed by atoms with E-state index in [0.29, 0.717) is 6.04 Å². The van der Waals surface area contributed by atoms with Crippen LogP contribution < -0.4 is 5.32 Å². The van der Waals surface area contributed by atoms with E-state index in [9.17, 15) is 0 Å². The van der Waals surface area contributed by atoms with Crippen molar-refractivity contribution in [3.05, 3.63) is 0 Å². The Morgan fingerprint density at radius 2 is 1.79 bits per heavy atom. The van der Waals surface area contributed by atoms with Gasteiger partial charge in [-0.05, 0) is 31.8 Å². The van der Waals surface area contributed by atoms with Crippen LogP contribution in [0, 0.1) is 5.92 Å². The first kappa shape index (κ1) is 12.0. The topological polar surface area (TPSA) is 15.3 Å². The lowest BCUT2D eigenvalue weighted by atomic mass is 10.0. The summed E-state index contributed by atoms with van der Waals surface area (Å²) >= 11 is 0. The largest absolute Gasteiger partial charge is 0.312 e. The Labute approximate surface area is 89.1 Å². The van der Waals surface area contributed by atoms with Crippen molar-refractivity contribution >= 4 is 0 Å². The van der Waals surface area contributed by atoms with Crippen LogP contribution in [0.4, 0.5) is 0 Å². The van der Waals surface area contributed by atoms with Crippen LogP contribution >= 0.6 is 0 Å². The second-order valence-corrected chi connectivity index (χ2v) is 4.72. The molecular formula is C12H26N2. The van der Waals surface area contributed by atoms with E-state index in [1.54, 1.807) is 0 Å². The normalized spacial score (nSPS) is 19.3. The van der Waals surface area contributed by atoms with Crippen LogP contribution in [0.5, 0.6) is 0 Å². The predicted octanol–water partition coefficient (Wildman–Crippen LogP) is 2.10. The monoisotopic (exact) mass is 198 g/mol. The summed E-state index contributed by atoms with van der Waals surface area (Å²) in [7, 11) is 0. The minimum Gasteiger partial charge on any atom is -0.312 e. The Morgan fingerprint density at radius 3 is 2.14 bits per heavy atom. The zero-order valence-electron chi connectivity index (χ0n) is 10.2. The molecular weight excluding hydrogens is 172 g/mol. The zero-order chi connectivity index (χ0) is 10.6. The lowest BCUT2D eigenvalue weighted by molar-refractivity contribution is 0.166. The second-order valence-electron chi connectivity index (χ2n) is 4.72. The van der Waals surface area contributed by atoms with Crippen LogP contribution in [0.3, 0.4) is 0 Å². The Kier molecular flexibility index (Phi) is 4.90. The summed E-state index contributed by atoms with van der Waals surface area (Å²) in [4.78, 5) is 2.57. The fourth-order valence-corrected chi connectivity index (χ4v) is 2.05.